The minimum absolute atomic E-state index is 0.158. The van der Waals surface area contributed by atoms with Gasteiger partial charge < -0.3 is 9.88 Å². The first-order valence-electron chi connectivity index (χ1n) is 7.25. The number of fused-ring (bicyclic) bond motifs is 2. The van der Waals surface area contributed by atoms with Crippen LogP contribution in [-0.4, -0.2) is 22.3 Å². The quantitative estimate of drug-likeness (QED) is 0.782. The number of para-hydroxylation sites is 1. The third kappa shape index (κ3) is 2.02. The van der Waals surface area contributed by atoms with Gasteiger partial charge in [-0.05, 0) is 29.7 Å². The maximum atomic E-state index is 12.3. The second kappa shape index (κ2) is 4.77. The fraction of sp³-hybridized carbons (Fsp3) is 0.167. The predicted molar refractivity (Wildman–Crippen MR) is 83.2 cm³/mol. The number of aromatic amines is 1. The van der Waals surface area contributed by atoms with Crippen molar-refractivity contribution < 1.29 is 4.79 Å². The van der Waals surface area contributed by atoms with Crippen molar-refractivity contribution in [3.63, 3.8) is 0 Å². The summed E-state index contributed by atoms with van der Waals surface area (Å²) < 4.78 is 0. The Labute approximate surface area is 123 Å². The van der Waals surface area contributed by atoms with E-state index in [0.29, 0.717) is 0 Å². The van der Waals surface area contributed by atoms with Crippen molar-refractivity contribution in [2.45, 2.75) is 13.0 Å². The molecule has 0 unspecified atom stereocenters. The molecule has 1 aromatic heterocycles. The molecule has 0 radical (unpaired) electrons. The molecule has 1 aliphatic heterocycles. The van der Waals surface area contributed by atoms with E-state index in [1.165, 1.54) is 10.9 Å². The zero-order chi connectivity index (χ0) is 14.2. The molecule has 0 spiro atoms. The maximum absolute atomic E-state index is 12.3. The van der Waals surface area contributed by atoms with Crippen molar-refractivity contribution >= 4 is 16.8 Å². The number of carbonyl (C=O) groups is 1. The van der Waals surface area contributed by atoms with Gasteiger partial charge in [0.05, 0.1) is 0 Å². The smallest absolute Gasteiger partial charge is 0.254 e. The van der Waals surface area contributed by atoms with Crippen molar-refractivity contribution in [3.05, 3.63) is 71.4 Å². The molecule has 104 valence electrons. The topological polar surface area (TPSA) is 36.1 Å². The first-order chi connectivity index (χ1) is 10.3. The van der Waals surface area contributed by atoms with E-state index in [9.17, 15) is 4.79 Å². The molecule has 1 aliphatic rings. The molecule has 0 bridgehead atoms. The number of aromatic nitrogens is 1. The van der Waals surface area contributed by atoms with Gasteiger partial charge in [-0.15, -0.1) is 0 Å². The second-order valence-corrected chi connectivity index (χ2v) is 5.49. The highest BCUT2D eigenvalue weighted by Gasteiger charge is 2.26. The molecule has 0 fully saturated rings. The van der Waals surface area contributed by atoms with Gasteiger partial charge in [-0.2, -0.15) is 0 Å². The van der Waals surface area contributed by atoms with E-state index >= 15 is 0 Å². The summed E-state index contributed by atoms with van der Waals surface area (Å²) in [5, 5.41) is 1.25. The Kier molecular flexibility index (Phi) is 2.78. The number of nitrogens with one attached hydrogen (secondary N) is 1. The molecule has 1 N–H and O–H groups in total. The summed E-state index contributed by atoms with van der Waals surface area (Å²) in [4.78, 5) is 17.6. The van der Waals surface area contributed by atoms with Crippen LogP contribution < -0.4 is 0 Å². The van der Waals surface area contributed by atoms with Crippen LogP contribution in [0.3, 0.4) is 0 Å². The molecule has 3 aromatic rings. The Morgan fingerprint density at radius 3 is 2.76 bits per heavy atom. The van der Waals surface area contributed by atoms with Gasteiger partial charge in [0.1, 0.15) is 0 Å². The summed E-state index contributed by atoms with van der Waals surface area (Å²) in [5.41, 5.74) is 4.43. The molecule has 0 saturated heterocycles. The number of hydrogen-bond donors (Lipinski definition) is 1. The second-order valence-electron chi connectivity index (χ2n) is 5.49. The molecule has 4 rings (SSSR count). The van der Waals surface area contributed by atoms with Crippen LogP contribution in [0.4, 0.5) is 0 Å². The zero-order valence-electron chi connectivity index (χ0n) is 11.7. The normalized spacial score (nSPS) is 13.9. The van der Waals surface area contributed by atoms with Gasteiger partial charge in [-0.25, -0.2) is 0 Å². The van der Waals surface area contributed by atoms with Crippen molar-refractivity contribution in [1.82, 2.24) is 9.88 Å². The van der Waals surface area contributed by atoms with Crippen LogP contribution in [0, 0.1) is 0 Å². The molecule has 3 nitrogen and oxygen atoms in total. The number of hydrogen-bond acceptors (Lipinski definition) is 1. The number of carbonyl (C=O) groups excluding carboxylic acids is 1. The third-order valence-electron chi connectivity index (χ3n) is 4.22. The van der Waals surface area contributed by atoms with E-state index in [1.807, 2.05) is 35.2 Å². The van der Waals surface area contributed by atoms with Crippen molar-refractivity contribution in [2.75, 3.05) is 6.54 Å². The van der Waals surface area contributed by atoms with Crippen LogP contribution in [0.5, 0.6) is 0 Å². The van der Waals surface area contributed by atoms with Gasteiger partial charge in [0.25, 0.3) is 5.91 Å². The van der Waals surface area contributed by atoms with E-state index in [-0.39, 0.29) is 5.91 Å². The maximum Gasteiger partial charge on any atom is 0.254 e. The Hall–Kier alpha value is -2.55. The highest BCUT2D eigenvalue weighted by atomic mass is 16.2. The van der Waals surface area contributed by atoms with Crippen LogP contribution in [-0.2, 0) is 13.0 Å². The summed E-state index contributed by atoms with van der Waals surface area (Å²) in [6.45, 7) is 1.49. The SMILES string of the molecule is O=C1c2ccccc2CN1CCc1c[nH]c2ccccc12. The highest BCUT2D eigenvalue weighted by molar-refractivity contribution is 5.98. The minimum Gasteiger partial charge on any atom is -0.361 e. The van der Waals surface area contributed by atoms with Crippen LogP contribution in [0.1, 0.15) is 21.5 Å². The Bertz CT molecular complexity index is 819. The fourth-order valence-corrected chi connectivity index (χ4v) is 3.09. The van der Waals surface area contributed by atoms with E-state index < -0.39 is 0 Å². The average molecular weight is 276 g/mol. The average Bonchev–Trinajstić information content (AvgIpc) is 3.07. The third-order valence-corrected chi connectivity index (χ3v) is 4.22. The van der Waals surface area contributed by atoms with E-state index in [2.05, 4.69) is 29.4 Å². The monoisotopic (exact) mass is 276 g/mol. The molecule has 3 heteroatoms. The molecule has 0 saturated carbocycles. The van der Waals surface area contributed by atoms with Crippen LogP contribution in [0.2, 0.25) is 0 Å². The molecular weight excluding hydrogens is 260 g/mol. The van der Waals surface area contributed by atoms with E-state index in [1.54, 1.807) is 0 Å². The predicted octanol–water partition coefficient (Wildman–Crippen LogP) is 3.37. The number of nitrogens with zero attached hydrogens (tertiary/aromatic N) is 1. The van der Waals surface area contributed by atoms with E-state index in [4.69, 9.17) is 0 Å². The summed E-state index contributed by atoms with van der Waals surface area (Å²) in [6, 6.07) is 16.2. The molecular formula is C18H16N2O. The molecule has 1 amide bonds. The first-order valence-corrected chi connectivity index (χ1v) is 7.25. The largest absolute Gasteiger partial charge is 0.361 e. The summed E-state index contributed by atoms with van der Waals surface area (Å²) in [7, 11) is 0. The van der Waals surface area contributed by atoms with Gasteiger partial charge >= 0.3 is 0 Å². The van der Waals surface area contributed by atoms with Crippen LogP contribution in [0.25, 0.3) is 10.9 Å². The molecule has 2 heterocycles. The lowest BCUT2D eigenvalue weighted by atomic mass is 10.1. The summed E-state index contributed by atoms with van der Waals surface area (Å²) >= 11 is 0. The van der Waals surface area contributed by atoms with Gasteiger partial charge in [0.2, 0.25) is 0 Å². The van der Waals surface area contributed by atoms with Gasteiger partial charge in [0.15, 0.2) is 0 Å². The number of amides is 1. The summed E-state index contributed by atoms with van der Waals surface area (Å²) in [5.74, 6) is 0.158. The fourth-order valence-electron chi connectivity index (χ4n) is 3.09. The number of benzene rings is 2. The highest BCUT2D eigenvalue weighted by Crippen LogP contribution is 2.24. The lowest BCUT2D eigenvalue weighted by Crippen LogP contribution is -2.26. The molecule has 21 heavy (non-hydrogen) atoms. The van der Waals surface area contributed by atoms with Crippen molar-refractivity contribution in [2.24, 2.45) is 0 Å². The van der Waals surface area contributed by atoms with Gasteiger partial charge in [0, 0.05) is 35.8 Å². The lowest BCUT2D eigenvalue weighted by Gasteiger charge is -2.15. The Balaban J connectivity index is 1.52. The molecule has 0 aliphatic carbocycles. The van der Waals surface area contributed by atoms with Gasteiger partial charge in [-0.3, -0.25) is 4.79 Å². The lowest BCUT2D eigenvalue weighted by molar-refractivity contribution is 0.0780. The molecule has 0 atom stereocenters. The molecule has 2 aromatic carbocycles. The van der Waals surface area contributed by atoms with Crippen molar-refractivity contribution in [3.8, 4) is 0 Å². The first kappa shape index (κ1) is 12.2. The van der Waals surface area contributed by atoms with Crippen molar-refractivity contribution in [1.29, 1.82) is 0 Å². The Morgan fingerprint density at radius 2 is 1.86 bits per heavy atom. The Morgan fingerprint density at radius 1 is 1.05 bits per heavy atom. The number of H-pyrrole nitrogens is 1. The zero-order valence-corrected chi connectivity index (χ0v) is 11.7. The number of rotatable bonds is 3. The van der Waals surface area contributed by atoms with Crippen LogP contribution in [0.15, 0.2) is 54.7 Å². The summed E-state index contributed by atoms with van der Waals surface area (Å²) in [6.07, 6.45) is 2.93. The van der Waals surface area contributed by atoms with Crippen LogP contribution >= 0.6 is 0 Å². The van der Waals surface area contributed by atoms with Gasteiger partial charge in [-0.1, -0.05) is 36.4 Å². The minimum atomic E-state index is 0.158. The van der Waals surface area contributed by atoms with E-state index in [0.717, 1.165) is 36.2 Å². The standard InChI is InChI=1S/C18H16N2O/c21-18-16-7-2-1-5-14(16)12-20(18)10-9-13-11-19-17-8-4-3-6-15(13)17/h1-8,11,19H,9-10,12H2.